The number of aromatic nitrogens is 2. The molecule has 6 nitrogen and oxygen atoms in total. The molecule has 0 radical (unpaired) electrons. The maximum absolute atomic E-state index is 13.0. The predicted octanol–water partition coefficient (Wildman–Crippen LogP) is 2.29. The highest BCUT2D eigenvalue weighted by atomic mass is 19.1. The highest BCUT2D eigenvalue weighted by molar-refractivity contribution is 5.80. The molecule has 0 aliphatic rings. The minimum Gasteiger partial charge on any atom is -0.469 e. The van der Waals surface area contributed by atoms with Crippen LogP contribution < -0.4 is 0 Å². The number of imidazole rings is 1. The third-order valence-corrected chi connectivity index (χ3v) is 4.12. The lowest BCUT2D eigenvalue weighted by Gasteiger charge is -2.25. The second kappa shape index (κ2) is 9.70. The van der Waals surface area contributed by atoms with Gasteiger partial charge in [-0.2, -0.15) is 0 Å². The van der Waals surface area contributed by atoms with Crippen LogP contribution in [0.1, 0.15) is 18.9 Å². The minimum absolute atomic E-state index is 0.0991. The number of hydrogen-bond donors (Lipinski definition) is 0. The molecule has 1 unspecified atom stereocenters. The quantitative estimate of drug-likeness (QED) is 0.643. The maximum Gasteiger partial charge on any atom is 0.310 e. The van der Waals surface area contributed by atoms with E-state index in [1.807, 2.05) is 10.8 Å². The normalized spacial score (nSPS) is 11.8. The fourth-order valence-electron chi connectivity index (χ4n) is 2.68. The maximum atomic E-state index is 13.0. The molecule has 2 rings (SSSR count). The summed E-state index contributed by atoms with van der Waals surface area (Å²) in [6.07, 6.45) is 6.19. The highest BCUT2D eigenvalue weighted by Gasteiger charge is 2.21. The molecule has 0 fully saturated rings. The van der Waals surface area contributed by atoms with Crippen molar-refractivity contribution >= 4 is 11.9 Å². The van der Waals surface area contributed by atoms with Crippen molar-refractivity contribution in [2.24, 2.45) is 5.92 Å². The zero-order valence-electron chi connectivity index (χ0n) is 15.1. The summed E-state index contributed by atoms with van der Waals surface area (Å²) in [5, 5.41) is 0. The Labute approximate surface area is 152 Å². The number of rotatable bonds is 9. The van der Waals surface area contributed by atoms with Crippen molar-refractivity contribution < 1.29 is 18.7 Å². The van der Waals surface area contributed by atoms with Crippen LogP contribution in [0, 0.1) is 11.7 Å². The Morgan fingerprint density at radius 1 is 1.31 bits per heavy atom. The number of halogens is 1. The monoisotopic (exact) mass is 361 g/mol. The van der Waals surface area contributed by atoms with Crippen molar-refractivity contribution in [3.63, 3.8) is 0 Å². The van der Waals surface area contributed by atoms with Crippen molar-refractivity contribution in [3.05, 3.63) is 54.4 Å². The molecule has 1 aromatic heterocycles. The molecular formula is C19H24FN3O3. The van der Waals surface area contributed by atoms with Gasteiger partial charge in [0, 0.05) is 32.0 Å². The minimum atomic E-state index is -0.412. The average molecular weight is 361 g/mol. The Kier molecular flexibility index (Phi) is 7.32. The Balaban J connectivity index is 1.98. The van der Waals surface area contributed by atoms with Gasteiger partial charge in [-0.15, -0.1) is 0 Å². The van der Waals surface area contributed by atoms with E-state index in [1.165, 1.54) is 19.2 Å². The number of ether oxygens (including phenoxy) is 1. The number of esters is 1. The fourth-order valence-corrected chi connectivity index (χ4v) is 2.68. The van der Waals surface area contributed by atoms with E-state index in [2.05, 4.69) is 4.98 Å². The Morgan fingerprint density at radius 3 is 2.65 bits per heavy atom. The molecule has 1 heterocycles. The molecule has 0 aliphatic heterocycles. The number of nitrogens with zero attached hydrogens (tertiary/aromatic N) is 3. The fraction of sp³-hybridized carbons (Fsp3) is 0.421. The van der Waals surface area contributed by atoms with Gasteiger partial charge in [0.25, 0.3) is 0 Å². The summed E-state index contributed by atoms with van der Waals surface area (Å²) in [4.78, 5) is 30.1. The highest BCUT2D eigenvalue weighted by Crippen LogP contribution is 2.10. The van der Waals surface area contributed by atoms with Crippen LogP contribution in [0.15, 0.2) is 43.0 Å². The number of hydrogen-bond acceptors (Lipinski definition) is 4. The first kappa shape index (κ1) is 19.6. The van der Waals surface area contributed by atoms with E-state index < -0.39 is 5.92 Å². The summed E-state index contributed by atoms with van der Waals surface area (Å²) in [6.45, 7) is 3.27. The Hall–Kier alpha value is -2.70. The van der Waals surface area contributed by atoms with E-state index >= 15 is 0 Å². The van der Waals surface area contributed by atoms with E-state index in [1.54, 1.807) is 36.5 Å². The topological polar surface area (TPSA) is 64.4 Å². The molecule has 2 aromatic rings. The number of carbonyl (C=O) groups excluding carboxylic acids is 2. The first-order valence-electron chi connectivity index (χ1n) is 8.55. The number of benzene rings is 1. The van der Waals surface area contributed by atoms with Gasteiger partial charge < -0.3 is 14.2 Å². The lowest BCUT2D eigenvalue weighted by molar-refractivity contribution is -0.146. The van der Waals surface area contributed by atoms with Gasteiger partial charge in [0.05, 0.1) is 25.8 Å². The third-order valence-electron chi connectivity index (χ3n) is 4.12. The Bertz CT molecular complexity index is 701. The van der Waals surface area contributed by atoms with Crippen molar-refractivity contribution in [1.29, 1.82) is 0 Å². The average Bonchev–Trinajstić information content (AvgIpc) is 3.15. The van der Waals surface area contributed by atoms with Crippen molar-refractivity contribution in [3.8, 4) is 0 Å². The Morgan fingerprint density at radius 2 is 2.04 bits per heavy atom. The first-order valence-corrected chi connectivity index (χ1v) is 8.55. The van der Waals surface area contributed by atoms with Crippen LogP contribution in [-0.4, -0.2) is 46.5 Å². The van der Waals surface area contributed by atoms with Gasteiger partial charge in [0.1, 0.15) is 5.82 Å². The second-order valence-corrected chi connectivity index (χ2v) is 6.22. The molecular weight excluding hydrogens is 337 g/mol. The van der Waals surface area contributed by atoms with Crippen LogP contribution >= 0.6 is 0 Å². The molecule has 1 aromatic carbocycles. The van der Waals surface area contributed by atoms with Gasteiger partial charge in [-0.1, -0.05) is 19.1 Å². The van der Waals surface area contributed by atoms with E-state index in [0.717, 1.165) is 18.5 Å². The van der Waals surface area contributed by atoms with Crippen molar-refractivity contribution in [2.75, 3.05) is 20.2 Å². The molecule has 0 bridgehead atoms. The predicted molar refractivity (Wildman–Crippen MR) is 94.7 cm³/mol. The van der Waals surface area contributed by atoms with Gasteiger partial charge in [-0.3, -0.25) is 9.59 Å². The lowest BCUT2D eigenvalue weighted by Crippen LogP contribution is -2.39. The zero-order valence-corrected chi connectivity index (χ0v) is 15.1. The first-order chi connectivity index (χ1) is 12.5. The lowest BCUT2D eigenvalue weighted by atomic mass is 10.1. The number of aryl methyl sites for hydroxylation is 1. The van der Waals surface area contributed by atoms with Gasteiger partial charge in [0.2, 0.25) is 5.91 Å². The smallest absolute Gasteiger partial charge is 0.310 e. The largest absolute Gasteiger partial charge is 0.469 e. The van der Waals surface area contributed by atoms with Crippen LogP contribution in [0.2, 0.25) is 0 Å². The molecule has 0 saturated heterocycles. The van der Waals surface area contributed by atoms with Crippen molar-refractivity contribution in [1.82, 2.24) is 14.5 Å². The number of methoxy groups -OCH3 is 1. The van der Waals surface area contributed by atoms with Gasteiger partial charge >= 0.3 is 5.97 Å². The molecule has 7 heteroatoms. The zero-order chi connectivity index (χ0) is 18.9. The van der Waals surface area contributed by atoms with E-state index in [9.17, 15) is 14.0 Å². The van der Waals surface area contributed by atoms with Crippen LogP contribution in [0.25, 0.3) is 0 Å². The van der Waals surface area contributed by atoms with Crippen LogP contribution in [0.3, 0.4) is 0 Å². The summed E-state index contributed by atoms with van der Waals surface area (Å²) >= 11 is 0. The SMILES string of the molecule is COC(=O)C(C)CN(CCCn1ccnc1)C(=O)Cc1ccc(F)cc1. The summed E-state index contributed by atoms with van der Waals surface area (Å²) in [7, 11) is 1.34. The summed E-state index contributed by atoms with van der Waals surface area (Å²) < 4.78 is 19.7. The van der Waals surface area contributed by atoms with E-state index in [4.69, 9.17) is 4.74 Å². The van der Waals surface area contributed by atoms with E-state index in [0.29, 0.717) is 6.54 Å². The summed E-state index contributed by atoms with van der Waals surface area (Å²) in [5.74, 6) is -1.19. The molecule has 140 valence electrons. The van der Waals surface area contributed by atoms with E-state index in [-0.39, 0.29) is 30.7 Å². The molecule has 0 aliphatic carbocycles. The number of carbonyl (C=O) groups is 2. The molecule has 1 atom stereocenters. The second-order valence-electron chi connectivity index (χ2n) is 6.22. The van der Waals surface area contributed by atoms with Crippen LogP contribution in [-0.2, 0) is 27.3 Å². The standard InChI is InChI=1S/C19H24FN3O3/c1-15(19(25)26-2)13-23(10-3-9-22-11-8-21-14-22)18(24)12-16-4-6-17(20)7-5-16/h4-8,11,14-15H,3,9-10,12-13H2,1-2H3. The molecule has 0 saturated carbocycles. The molecule has 1 amide bonds. The molecule has 0 N–H and O–H groups in total. The van der Waals surface area contributed by atoms with Crippen molar-refractivity contribution in [2.45, 2.75) is 26.3 Å². The third kappa shape index (κ3) is 5.98. The van der Waals surface area contributed by atoms with Crippen LogP contribution in [0.4, 0.5) is 4.39 Å². The molecule has 0 spiro atoms. The number of amides is 1. The van der Waals surface area contributed by atoms with Gasteiger partial charge in [-0.25, -0.2) is 9.37 Å². The van der Waals surface area contributed by atoms with Crippen LogP contribution in [0.5, 0.6) is 0 Å². The summed E-state index contributed by atoms with van der Waals surface area (Å²) in [5.41, 5.74) is 0.738. The van der Waals surface area contributed by atoms with Gasteiger partial charge in [-0.05, 0) is 24.1 Å². The summed E-state index contributed by atoms with van der Waals surface area (Å²) in [6, 6.07) is 5.87. The molecule has 26 heavy (non-hydrogen) atoms. The van der Waals surface area contributed by atoms with Gasteiger partial charge in [0.15, 0.2) is 0 Å².